The van der Waals surface area contributed by atoms with Crippen molar-refractivity contribution in [1.29, 1.82) is 0 Å². The summed E-state index contributed by atoms with van der Waals surface area (Å²) in [6.45, 7) is 2.69. The first-order chi connectivity index (χ1) is 8.17. The van der Waals surface area contributed by atoms with Crippen molar-refractivity contribution in [1.82, 2.24) is 0 Å². The predicted molar refractivity (Wildman–Crippen MR) is 67.1 cm³/mol. The fourth-order valence-corrected chi connectivity index (χ4v) is 1.36. The Morgan fingerprint density at radius 2 is 2.24 bits per heavy atom. The summed E-state index contributed by atoms with van der Waals surface area (Å²) >= 11 is 0. The highest BCUT2D eigenvalue weighted by Gasteiger charge is 2.03. The summed E-state index contributed by atoms with van der Waals surface area (Å²) in [4.78, 5) is 11.1. The summed E-state index contributed by atoms with van der Waals surface area (Å²) in [5.41, 5.74) is 7.19. The second-order valence-corrected chi connectivity index (χ2v) is 3.43. The van der Waals surface area contributed by atoms with Gasteiger partial charge in [-0.15, -0.1) is 0 Å². The van der Waals surface area contributed by atoms with E-state index in [0.717, 1.165) is 5.69 Å². The van der Waals surface area contributed by atoms with Crippen LogP contribution in [0.4, 0.5) is 11.4 Å². The lowest BCUT2D eigenvalue weighted by Crippen LogP contribution is -2.12. The van der Waals surface area contributed by atoms with Gasteiger partial charge in [-0.25, -0.2) is 0 Å². The molecule has 5 heteroatoms. The van der Waals surface area contributed by atoms with Crippen LogP contribution in [0.25, 0.3) is 0 Å². The highest BCUT2D eigenvalue weighted by atomic mass is 16.5. The average molecular weight is 238 g/mol. The monoisotopic (exact) mass is 238 g/mol. The molecule has 0 spiro atoms. The standard InChI is InChI=1S/C12H18N2O3/c1-3-17-12(15)6-7-14-11-5-4-9(16-2)8-10(11)13/h4-5,8,14H,3,6-7,13H2,1-2H3. The SMILES string of the molecule is CCOC(=O)CCNc1ccc(OC)cc1N. The summed E-state index contributed by atoms with van der Waals surface area (Å²) in [7, 11) is 1.59. The molecule has 0 aromatic heterocycles. The number of carbonyl (C=O) groups is 1. The molecule has 0 aliphatic rings. The quantitative estimate of drug-likeness (QED) is 0.582. The summed E-state index contributed by atoms with van der Waals surface area (Å²) in [5, 5.41) is 3.07. The van der Waals surface area contributed by atoms with Crippen LogP contribution in [0.5, 0.6) is 5.75 Å². The topological polar surface area (TPSA) is 73.6 Å². The maximum Gasteiger partial charge on any atom is 0.307 e. The van der Waals surface area contributed by atoms with Crippen LogP contribution in [-0.4, -0.2) is 26.2 Å². The molecule has 0 saturated carbocycles. The van der Waals surface area contributed by atoms with Crippen LogP contribution in [0.15, 0.2) is 18.2 Å². The second-order valence-electron chi connectivity index (χ2n) is 3.43. The van der Waals surface area contributed by atoms with E-state index in [2.05, 4.69) is 5.32 Å². The molecule has 0 saturated heterocycles. The van der Waals surface area contributed by atoms with Crippen LogP contribution in [-0.2, 0) is 9.53 Å². The largest absolute Gasteiger partial charge is 0.497 e. The molecule has 5 nitrogen and oxygen atoms in total. The Morgan fingerprint density at radius 3 is 2.82 bits per heavy atom. The Morgan fingerprint density at radius 1 is 1.47 bits per heavy atom. The van der Waals surface area contributed by atoms with Gasteiger partial charge in [0.15, 0.2) is 0 Å². The lowest BCUT2D eigenvalue weighted by molar-refractivity contribution is -0.142. The number of methoxy groups -OCH3 is 1. The van der Waals surface area contributed by atoms with Gasteiger partial charge in [0.2, 0.25) is 0 Å². The fourth-order valence-electron chi connectivity index (χ4n) is 1.36. The first kappa shape index (κ1) is 13.2. The molecule has 0 bridgehead atoms. The summed E-state index contributed by atoms with van der Waals surface area (Å²) in [6.07, 6.45) is 0.319. The van der Waals surface area contributed by atoms with Crippen molar-refractivity contribution in [3.63, 3.8) is 0 Å². The molecule has 0 atom stereocenters. The zero-order chi connectivity index (χ0) is 12.7. The highest BCUT2D eigenvalue weighted by Crippen LogP contribution is 2.23. The minimum atomic E-state index is -0.216. The zero-order valence-corrected chi connectivity index (χ0v) is 10.2. The van der Waals surface area contributed by atoms with Gasteiger partial charge in [0.1, 0.15) is 5.75 Å². The summed E-state index contributed by atoms with van der Waals surface area (Å²) < 4.78 is 9.86. The number of benzene rings is 1. The van der Waals surface area contributed by atoms with Crippen molar-refractivity contribution in [3.05, 3.63) is 18.2 Å². The Hall–Kier alpha value is -1.91. The molecule has 0 aliphatic carbocycles. The first-order valence-electron chi connectivity index (χ1n) is 5.50. The third kappa shape index (κ3) is 4.22. The number of hydrogen-bond acceptors (Lipinski definition) is 5. The van der Waals surface area contributed by atoms with Crippen molar-refractivity contribution < 1.29 is 14.3 Å². The second kappa shape index (κ2) is 6.62. The lowest BCUT2D eigenvalue weighted by atomic mass is 10.2. The summed E-state index contributed by atoms with van der Waals surface area (Å²) in [6, 6.07) is 5.36. The van der Waals surface area contributed by atoms with Gasteiger partial charge in [-0.2, -0.15) is 0 Å². The van der Waals surface area contributed by atoms with Crippen LogP contribution in [0.3, 0.4) is 0 Å². The molecule has 1 rings (SSSR count). The van der Waals surface area contributed by atoms with Crippen LogP contribution >= 0.6 is 0 Å². The third-order valence-electron chi connectivity index (χ3n) is 2.21. The van der Waals surface area contributed by atoms with E-state index in [1.807, 2.05) is 12.1 Å². The normalized spacial score (nSPS) is 9.76. The molecule has 0 heterocycles. The molecule has 0 unspecified atom stereocenters. The molecule has 0 aliphatic heterocycles. The van der Waals surface area contributed by atoms with Crippen molar-refractivity contribution in [3.8, 4) is 5.75 Å². The van der Waals surface area contributed by atoms with E-state index in [9.17, 15) is 4.79 Å². The number of esters is 1. The van der Waals surface area contributed by atoms with Gasteiger partial charge < -0.3 is 20.5 Å². The average Bonchev–Trinajstić information content (AvgIpc) is 2.31. The smallest absolute Gasteiger partial charge is 0.307 e. The van der Waals surface area contributed by atoms with E-state index in [-0.39, 0.29) is 5.97 Å². The number of ether oxygens (including phenoxy) is 2. The molecule has 1 aromatic carbocycles. The zero-order valence-electron chi connectivity index (χ0n) is 10.2. The first-order valence-corrected chi connectivity index (χ1v) is 5.50. The van der Waals surface area contributed by atoms with Gasteiger partial charge in [-0.1, -0.05) is 0 Å². The molecular formula is C12H18N2O3. The minimum Gasteiger partial charge on any atom is -0.497 e. The van der Waals surface area contributed by atoms with Crippen molar-refractivity contribution in [2.45, 2.75) is 13.3 Å². The number of nitrogens with one attached hydrogen (secondary N) is 1. The van der Waals surface area contributed by atoms with Crippen molar-refractivity contribution in [2.24, 2.45) is 0 Å². The van der Waals surface area contributed by atoms with Crippen LogP contribution in [0, 0.1) is 0 Å². The van der Waals surface area contributed by atoms with Crippen LogP contribution < -0.4 is 15.8 Å². The van der Waals surface area contributed by atoms with Gasteiger partial charge >= 0.3 is 5.97 Å². The molecule has 17 heavy (non-hydrogen) atoms. The molecule has 0 fully saturated rings. The van der Waals surface area contributed by atoms with E-state index in [4.69, 9.17) is 15.2 Å². The van der Waals surface area contributed by atoms with Crippen molar-refractivity contribution >= 4 is 17.3 Å². The molecule has 1 aromatic rings. The van der Waals surface area contributed by atoms with Gasteiger partial charge in [0.05, 0.1) is 31.5 Å². The Labute approximate surface area is 101 Å². The number of carbonyl (C=O) groups excluding carboxylic acids is 1. The molecule has 0 amide bonds. The molecular weight excluding hydrogens is 220 g/mol. The van der Waals surface area contributed by atoms with Crippen LogP contribution in [0.1, 0.15) is 13.3 Å². The molecule has 94 valence electrons. The van der Waals surface area contributed by atoms with Crippen molar-refractivity contribution in [2.75, 3.05) is 31.3 Å². The van der Waals surface area contributed by atoms with Gasteiger partial charge in [-0.3, -0.25) is 4.79 Å². The lowest BCUT2D eigenvalue weighted by Gasteiger charge is -2.10. The number of hydrogen-bond donors (Lipinski definition) is 2. The van der Waals surface area contributed by atoms with E-state index in [0.29, 0.717) is 31.0 Å². The molecule has 0 radical (unpaired) electrons. The number of rotatable bonds is 6. The van der Waals surface area contributed by atoms with Gasteiger partial charge in [-0.05, 0) is 19.1 Å². The Bertz CT molecular complexity index is 380. The number of nitrogen functional groups attached to an aromatic ring is 1. The van der Waals surface area contributed by atoms with Crippen LogP contribution in [0.2, 0.25) is 0 Å². The van der Waals surface area contributed by atoms with E-state index >= 15 is 0 Å². The van der Waals surface area contributed by atoms with E-state index in [1.54, 1.807) is 20.1 Å². The van der Waals surface area contributed by atoms with Gasteiger partial charge in [0.25, 0.3) is 0 Å². The van der Waals surface area contributed by atoms with E-state index < -0.39 is 0 Å². The van der Waals surface area contributed by atoms with E-state index in [1.165, 1.54) is 0 Å². The molecule has 3 N–H and O–H groups in total. The maximum absolute atomic E-state index is 11.1. The Kier molecular flexibility index (Phi) is 5.13. The predicted octanol–water partition coefficient (Wildman–Crippen LogP) is 1.64. The number of anilines is 2. The fraction of sp³-hybridized carbons (Fsp3) is 0.417. The Balaban J connectivity index is 2.44. The minimum absolute atomic E-state index is 0.216. The highest BCUT2D eigenvalue weighted by molar-refractivity contribution is 5.72. The number of nitrogens with two attached hydrogens (primary N) is 1. The maximum atomic E-state index is 11.1. The third-order valence-corrected chi connectivity index (χ3v) is 2.21. The van der Waals surface area contributed by atoms with Gasteiger partial charge in [0, 0.05) is 12.6 Å². The summed E-state index contributed by atoms with van der Waals surface area (Å²) in [5.74, 6) is 0.491.